The van der Waals surface area contributed by atoms with Crippen LogP contribution in [0.4, 0.5) is 13.2 Å². The first-order valence-electron chi connectivity index (χ1n) is 9.83. The first-order valence-corrected chi connectivity index (χ1v) is 9.83. The fourth-order valence-corrected chi connectivity index (χ4v) is 3.68. The van der Waals surface area contributed by atoms with E-state index in [1.165, 1.54) is 0 Å². The number of rotatable bonds is 5. The van der Waals surface area contributed by atoms with Crippen molar-refractivity contribution >= 4 is 17.7 Å². The Morgan fingerprint density at radius 1 is 1.20 bits per heavy atom. The van der Waals surface area contributed by atoms with Crippen LogP contribution in [0.5, 0.6) is 0 Å². The number of hydrogen-bond donors (Lipinski definition) is 0. The number of fused-ring (bicyclic) bond motifs is 1. The van der Waals surface area contributed by atoms with Gasteiger partial charge in [-0.05, 0) is 52.0 Å². The molecule has 3 rings (SSSR count). The summed E-state index contributed by atoms with van der Waals surface area (Å²) in [5.74, 6) is -2.18. The highest BCUT2D eigenvalue weighted by atomic mass is 19.4. The second kappa shape index (κ2) is 8.57. The van der Waals surface area contributed by atoms with E-state index in [1.807, 2.05) is 6.92 Å². The predicted octanol–water partition coefficient (Wildman–Crippen LogP) is 2.64. The summed E-state index contributed by atoms with van der Waals surface area (Å²) in [6.45, 7) is 5.56. The van der Waals surface area contributed by atoms with Gasteiger partial charge in [-0.15, -0.1) is 5.10 Å². The number of carbonyl (C=O) groups excluding carboxylic acids is 2. The molecule has 1 aliphatic heterocycles. The van der Waals surface area contributed by atoms with Crippen molar-refractivity contribution in [1.29, 1.82) is 0 Å². The van der Waals surface area contributed by atoms with Crippen molar-refractivity contribution in [1.82, 2.24) is 24.5 Å². The zero-order valence-electron chi connectivity index (χ0n) is 17.1. The number of aromatic nitrogens is 4. The van der Waals surface area contributed by atoms with Crippen LogP contribution in [0, 0.1) is 13.8 Å². The Kier molecular flexibility index (Phi) is 6.27. The van der Waals surface area contributed by atoms with Gasteiger partial charge in [0.2, 0.25) is 0 Å². The van der Waals surface area contributed by atoms with Crippen LogP contribution >= 0.6 is 0 Å². The highest BCUT2D eigenvalue weighted by Crippen LogP contribution is 2.27. The molecule has 0 bridgehead atoms. The van der Waals surface area contributed by atoms with Crippen LogP contribution in [0.25, 0.3) is 5.78 Å². The number of hydrogen-bond acceptors (Lipinski definition) is 6. The monoisotopic (exact) mass is 427 g/mol. The molecule has 1 amide bonds. The van der Waals surface area contributed by atoms with E-state index < -0.39 is 18.0 Å². The van der Waals surface area contributed by atoms with Crippen LogP contribution in [0.1, 0.15) is 55.4 Å². The molecular weight excluding hydrogens is 403 g/mol. The van der Waals surface area contributed by atoms with Crippen molar-refractivity contribution in [3.05, 3.63) is 22.8 Å². The van der Waals surface area contributed by atoms with Crippen LogP contribution in [-0.2, 0) is 26.9 Å². The first kappa shape index (κ1) is 22.0. The number of nitrogens with zero attached hydrogens (tertiary/aromatic N) is 5. The van der Waals surface area contributed by atoms with Gasteiger partial charge in [0.25, 0.3) is 17.5 Å². The van der Waals surface area contributed by atoms with Gasteiger partial charge in [0.1, 0.15) is 0 Å². The lowest BCUT2D eigenvalue weighted by molar-refractivity contribution is -0.153. The van der Waals surface area contributed by atoms with E-state index in [-0.39, 0.29) is 37.2 Å². The standard InChI is InChI=1S/C19H24F3N5O3/c1-11-6-4-5-9-26(11)15(28)10-30-16(29)8-7-14-12(2)23-18-24-17(19(20,21)22)25-27(18)13(14)3/h11H,4-10H2,1-3H3. The number of likely N-dealkylation sites (tertiary alicyclic amines) is 1. The summed E-state index contributed by atoms with van der Waals surface area (Å²) in [6, 6.07) is 0.136. The van der Waals surface area contributed by atoms with E-state index in [1.54, 1.807) is 18.7 Å². The Bertz CT molecular complexity index is 957. The topological polar surface area (TPSA) is 89.7 Å². The van der Waals surface area contributed by atoms with Gasteiger partial charge in [-0.1, -0.05) is 0 Å². The fourth-order valence-electron chi connectivity index (χ4n) is 3.68. The predicted molar refractivity (Wildman–Crippen MR) is 99.6 cm³/mol. The van der Waals surface area contributed by atoms with E-state index in [4.69, 9.17) is 4.74 Å². The summed E-state index contributed by atoms with van der Waals surface area (Å²) in [5.41, 5.74) is 1.48. The maximum absolute atomic E-state index is 12.9. The lowest BCUT2D eigenvalue weighted by Gasteiger charge is -2.33. The Labute approximate surface area is 171 Å². The number of aryl methyl sites for hydroxylation is 2. The van der Waals surface area contributed by atoms with Gasteiger partial charge in [0.05, 0.1) is 0 Å². The van der Waals surface area contributed by atoms with Crippen LogP contribution in [0.15, 0.2) is 0 Å². The van der Waals surface area contributed by atoms with E-state index in [9.17, 15) is 22.8 Å². The summed E-state index contributed by atoms with van der Waals surface area (Å²) in [7, 11) is 0. The third-order valence-electron chi connectivity index (χ3n) is 5.36. The zero-order valence-corrected chi connectivity index (χ0v) is 17.1. The molecule has 2 aromatic rings. The molecule has 0 N–H and O–H groups in total. The normalized spacial score (nSPS) is 17.4. The Morgan fingerprint density at radius 3 is 2.60 bits per heavy atom. The van der Waals surface area contributed by atoms with Crippen molar-refractivity contribution in [3.63, 3.8) is 0 Å². The Morgan fingerprint density at radius 2 is 1.93 bits per heavy atom. The van der Waals surface area contributed by atoms with Crippen molar-refractivity contribution in [2.24, 2.45) is 0 Å². The summed E-state index contributed by atoms with van der Waals surface area (Å²) in [6.07, 6.45) is -1.54. The molecule has 0 radical (unpaired) electrons. The van der Waals surface area contributed by atoms with Gasteiger partial charge in [0.15, 0.2) is 6.61 Å². The van der Waals surface area contributed by atoms with Crippen LogP contribution in [-0.4, -0.2) is 55.6 Å². The highest BCUT2D eigenvalue weighted by molar-refractivity contribution is 5.81. The highest BCUT2D eigenvalue weighted by Gasteiger charge is 2.37. The second-order valence-corrected chi connectivity index (χ2v) is 7.50. The van der Waals surface area contributed by atoms with Gasteiger partial charge in [0, 0.05) is 30.4 Å². The molecule has 0 aliphatic carbocycles. The molecule has 0 aromatic carbocycles. The molecule has 11 heteroatoms. The molecule has 30 heavy (non-hydrogen) atoms. The van der Waals surface area contributed by atoms with Gasteiger partial charge in [-0.3, -0.25) is 9.59 Å². The van der Waals surface area contributed by atoms with Crippen LogP contribution in [0.3, 0.4) is 0 Å². The van der Waals surface area contributed by atoms with Crippen molar-refractivity contribution in [3.8, 4) is 0 Å². The SMILES string of the molecule is Cc1nc2nc(C(F)(F)F)nn2c(C)c1CCC(=O)OCC(=O)N1CCCCC1C. The minimum Gasteiger partial charge on any atom is -0.456 e. The smallest absolute Gasteiger partial charge is 0.453 e. The molecule has 3 heterocycles. The molecule has 1 atom stereocenters. The molecule has 2 aromatic heterocycles. The summed E-state index contributed by atoms with van der Waals surface area (Å²) < 4.78 is 44.7. The minimum absolute atomic E-state index is 0.0292. The molecule has 0 spiro atoms. The molecule has 1 fully saturated rings. The summed E-state index contributed by atoms with van der Waals surface area (Å²) >= 11 is 0. The second-order valence-electron chi connectivity index (χ2n) is 7.50. The molecule has 0 saturated carbocycles. The minimum atomic E-state index is -4.67. The molecule has 1 unspecified atom stereocenters. The number of alkyl halides is 3. The average Bonchev–Trinajstić information content (AvgIpc) is 3.11. The van der Waals surface area contributed by atoms with Crippen molar-refractivity contribution in [2.75, 3.05) is 13.2 Å². The van der Waals surface area contributed by atoms with E-state index in [0.29, 0.717) is 23.5 Å². The fraction of sp³-hybridized carbons (Fsp3) is 0.632. The molecular formula is C19H24F3N5O3. The number of amides is 1. The molecule has 1 aliphatic rings. The largest absolute Gasteiger partial charge is 0.456 e. The van der Waals surface area contributed by atoms with Gasteiger partial charge in [-0.2, -0.15) is 18.2 Å². The summed E-state index contributed by atoms with van der Waals surface area (Å²) in [5, 5.41) is 3.48. The number of esters is 1. The first-order chi connectivity index (χ1) is 14.1. The zero-order chi connectivity index (χ0) is 22.1. The van der Waals surface area contributed by atoms with E-state index in [0.717, 1.165) is 23.8 Å². The maximum Gasteiger partial charge on any atom is 0.453 e. The number of carbonyl (C=O) groups is 2. The van der Waals surface area contributed by atoms with Gasteiger partial charge < -0.3 is 9.64 Å². The third kappa shape index (κ3) is 4.71. The molecule has 8 nitrogen and oxygen atoms in total. The van der Waals surface area contributed by atoms with Crippen molar-refractivity contribution < 1.29 is 27.5 Å². The lowest BCUT2D eigenvalue weighted by Crippen LogP contribution is -2.44. The Balaban J connectivity index is 1.62. The summed E-state index contributed by atoms with van der Waals surface area (Å²) in [4.78, 5) is 33.6. The van der Waals surface area contributed by atoms with Crippen molar-refractivity contribution in [2.45, 2.75) is 65.1 Å². The van der Waals surface area contributed by atoms with Crippen LogP contribution in [0.2, 0.25) is 0 Å². The average molecular weight is 427 g/mol. The third-order valence-corrected chi connectivity index (χ3v) is 5.36. The maximum atomic E-state index is 12.9. The quantitative estimate of drug-likeness (QED) is 0.682. The van der Waals surface area contributed by atoms with E-state index >= 15 is 0 Å². The lowest BCUT2D eigenvalue weighted by atomic mass is 10.0. The Hall–Kier alpha value is -2.72. The molecule has 1 saturated heterocycles. The van der Waals surface area contributed by atoms with E-state index in [2.05, 4.69) is 15.1 Å². The van der Waals surface area contributed by atoms with Gasteiger partial charge >= 0.3 is 12.1 Å². The van der Waals surface area contributed by atoms with Crippen LogP contribution < -0.4 is 0 Å². The number of ether oxygens (including phenoxy) is 1. The number of halogens is 3. The van der Waals surface area contributed by atoms with Gasteiger partial charge in [-0.25, -0.2) is 9.50 Å². The molecule has 164 valence electrons. The number of piperidine rings is 1.